The fraction of sp³-hybridized carbons (Fsp3) is 0.600. The predicted molar refractivity (Wildman–Crippen MR) is 58.2 cm³/mol. The number of likely N-dealkylation sites (N-methyl/N-ethyl adjacent to an activating group) is 1. The molecule has 1 atom stereocenters. The third-order valence-corrected chi connectivity index (χ3v) is 1.84. The molecule has 6 nitrogen and oxygen atoms in total. The molecule has 0 saturated carbocycles. The SMILES string of the molecule is CN1C=C(NC(=O)OC(C)(C)C)NC1C=O. The Morgan fingerprint density at radius 3 is 2.69 bits per heavy atom. The van der Waals surface area contributed by atoms with Gasteiger partial charge in [0.15, 0.2) is 12.5 Å². The van der Waals surface area contributed by atoms with E-state index in [1.54, 1.807) is 38.9 Å². The molecular weight excluding hydrogens is 210 g/mol. The summed E-state index contributed by atoms with van der Waals surface area (Å²) in [6, 6.07) is 0. The zero-order valence-corrected chi connectivity index (χ0v) is 9.90. The van der Waals surface area contributed by atoms with Gasteiger partial charge in [-0.25, -0.2) is 4.79 Å². The van der Waals surface area contributed by atoms with E-state index < -0.39 is 17.9 Å². The number of aldehydes is 1. The van der Waals surface area contributed by atoms with E-state index in [9.17, 15) is 9.59 Å². The summed E-state index contributed by atoms with van der Waals surface area (Å²) in [5, 5.41) is 5.33. The highest BCUT2D eigenvalue weighted by molar-refractivity contribution is 5.70. The van der Waals surface area contributed by atoms with Gasteiger partial charge in [-0.15, -0.1) is 0 Å². The van der Waals surface area contributed by atoms with Gasteiger partial charge in [-0.1, -0.05) is 0 Å². The molecule has 0 aromatic heterocycles. The largest absolute Gasteiger partial charge is 0.444 e. The van der Waals surface area contributed by atoms with E-state index in [1.807, 2.05) is 0 Å². The van der Waals surface area contributed by atoms with Crippen molar-refractivity contribution in [2.45, 2.75) is 32.5 Å². The Bertz CT molecular complexity index is 320. The molecule has 1 amide bonds. The van der Waals surface area contributed by atoms with Crippen LogP contribution in [0, 0.1) is 0 Å². The van der Waals surface area contributed by atoms with Crippen LogP contribution < -0.4 is 10.6 Å². The molecule has 0 fully saturated rings. The second-order valence-corrected chi connectivity index (χ2v) is 4.56. The highest BCUT2D eigenvalue weighted by Crippen LogP contribution is 2.09. The number of hydrogen-bond donors (Lipinski definition) is 2. The lowest BCUT2D eigenvalue weighted by Crippen LogP contribution is -2.40. The van der Waals surface area contributed by atoms with Crippen molar-refractivity contribution in [3.63, 3.8) is 0 Å². The zero-order chi connectivity index (χ0) is 12.3. The molecule has 0 bridgehead atoms. The molecule has 1 heterocycles. The molecule has 2 N–H and O–H groups in total. The number of alkyl carbamates (subject to hydrolysis) is 1. The molecule has 0 aromatic rings. The number of hydrogen-bond acceptors (Lipinski definition) is 5. The van der Waals surface area contributed by atoms with Gasteiger partial charge in [-0.05, 0) is 20.8 Å². The second kappa shape index (κ2) is 4.42. The van der Waals surface area contributed by atoms with Gasteiger partial charge in [0.05, 0.1) is 0 Å². The van der Waals surface area contributed by atoms with Crippen molar-refractivity contribution >= 4 is 12.4 Å². The zero-order valence-electron chi connectivity index (χ0n) is 9.90. The minimum atomic E-state index is -0.550. The summed E-state index contributed by atoms with van der Waals surface area (Å²) in [5.41, 5.74) is -0.542. The smallest absolute Gasteiger partial charge is 0.413 e. The third-order valence-electron chi connectivity index (χ3n) is 1.84. The minimum Gasteiger partial charge on any atom is -0.444 e. The summed E-state index contributed by atoms with van der Waals surface area (Å²) in [6.07, 6.45) is 1.39. The van der Waals surface area contributed by atoms with Crippen molar-refractivity contribution in [2.75, 3.05) is 7.05 Å². The van der Waals surface area contributed by atoms with Crippen molar-refractivity contribution in [2.24, 2.45) is 0 Å². The van der Waals surface area contributed by atoms with Crippen LogP contribution in [0.15, 0.2) is 12.0 Å². The van der Waals surface area contributed by atoms with Crippen molar-refractivity contribution in [3.05, 3.63) is 12.0 Å². The van der Waals surface area contributed by atoms with Gasteiger partial charge in [-0.3, -0.25) is 10.1 Å². The molecule has 90 valence electrons. The Kier molecular flexibility index (Phi) is 3.41. The Labute approximate surface area is 94.6 Å². The van der Waals surface area contributed by atoms with Crippen LogP contribution in [-0.4, -0.2) is 36.1 Å². The van der Waals surface area contributed by atoms with Gasteiger partial charge in [-0.2, -0.15) is 0 Å². The second-order valence-electron chi connectivity index (χ2n) is 4.56. The Hall–Kier alpha value is -1.72. The first-order valence-electron chi connectivity index (χ1n) is 4.97. The topological polar surface area (TPSA) is 70.7 Å². The number of amides is 1. The van der Waals surface area contributed by atoms with Crippen molar-refractivity contribution in [3.8, 4) is 0 Å². The van der Waals surface area contributed by atoms with E-state index in [1.165, 1.54) is 0 Å². The summed E-state index contributed by atoms with van der Waals surface area (Å²) in [4.78, 5) is 23.6. The fourth-order valence-electron chi connectivity index (χ4n) is 1.19. The van der Waals surface area contributed by atoms with Gasteiger partial charge < -0.3 is 15.0 Å². The lowest BCUT2D eigenvalue weighted by Gasteiger charge is -2.20. The maximum Gasteiger partial charge on any atom is 0.413 e. The highest BCUT2D eigenvalue weighted by atomic mass is 16.6. The maximum absolute atomic E-state index is 11.4. The standard InChI is InChI=1S/C10H17N3O3/c1-10(2,3)16-9(15)12-7-5-13(4)8(6-14)11-7/h5-6,8,11H,1-4H3,(H,12,15). The van der Waals surface area contributed by atoms with Crippen LogP contribution in [0.2, 0.25) is 0 Å². The lowest BCUT2D eigenvalue weighted by molar-refractivity contribution is -0.111. The van der Waals surface area contributed by atoms with Crippen molar-refractivity contribution < 1.29 is 14.3 Å². The number of carbonyl (C=O) groups excluding carboxylic acids is 2. The molecule has 0 spiro atoms. The van der Waals surface area contributed by atoms with E-state index in [-0.39, 0.29) is 0 Å². The van der Waals surface area contributed by atoms with Crippen LogP contribution in [0.1, 0.15) is 20.8 Å². The Morgan fingerprint density at radius 1 is 1.62 bits per heavy atom. The monoisotopic (exact) mass is 227 g/mol. The first kappa shape index (κ1) is 12.4. The summed E-state index contributed by atoms with van der Waals surface area (Å²) in [5.74, 6) is 0.453. The average molecular weight is 227 g/mol. The summed E-state index contributed by atoms with van der Waals surface area (Å²) < 4.78 is 5.07. The fourth-order valence-corrected chi connectivity index (χ4v) is 1.19. The Morgan fingerprint density at radius 2 is 2.25 bits per heavy atom. The number of nitrogens with one attached hydrogen (secondary N) is 2. The lowest BCUT2D eigenvalue weighted by atomic mass is 10.2. The quantitative estimate of drug-likeness (QED) is 0.667. The van der Waals surface area contributed by atoms with Crippen LogP contribution in [0.5, 0.6) is 0 Å². The van der Waals surface area contributed by atoms with Crippen LogP contribution in [-0.2, 0) is 9.53 Å². The molecule has 0 radical (unpaired) electrons. The molecule has 1 aliphatic rings. The summed E-state index contributed by atoms with van der Waals surface area (Å²) in [7, 11) is 1.73. The summed E-state index contributed by atoms with van der Waals surface area (Å²) >= 11 is 0. The maximum atomic E-state index is 11.4. The van der Waals surface area contributed by atoms with E-state index in [0.717, 1.165) is 6.29 Å². The number of carbonyl (C=O) groups is 2. The van der Waals surface area contributed by atoms with Crippen molar-refractivity contribution in [1.29, 1.82) is 0 Å². The number of rotatable bonds is 2. The molecule has 0 aromatic carbocycles. The third kappa shape index (κ3) is 3.45. The van der Waals surface area contributed by atoms with E-state index in [4.69, 9.17) is 4.74 Å². The highest BCUT2D eigenvalue weighted by Gasteiger charge is 2.23. The van der Waals surface area contributed by atoms with Crippen LogP contribution in [0.25, 0.3) is 0 Å². The summed E-state index contributed by atoms with van der Waals surface area (Å²) in [6.45, 7) is 5.34. The van der Waals surface area contributed by atoms with Gasteiger partial charge in [0.2, 0.25) is 0 Å². The minimum absolute atomic E-state index is 0.440. The normalized spacial score (nSPS) is 19.9. The molecule has 0 aliphatic carbocycles. The molecule has 0 saturated heterocycles. The first-order valence-corrected chi connectivity index (χ1v) is 4.97. The van der Waals surface area contributed by atoms with Crippen molar-refractivity contribution in [1.82, 2.24) is 15.5 Å². The molecule has 1 rings (SSSR count). The molecule has 1 aliphatic heterocycles. The van der Waals surface area contributed by atoms with E-state index in [2.05, 4.69) is 10.6 Å². The van der Waals surface area contributed by atoms with Crippen LogP contribution >= 0.6 is 0 Å². The number of nitrogens with zero attached hydrogens (tertiary/aromatic N) is 1. The van der Waals surface area contributed by atoms with Gasteiger partial charge in [0, 0.05) is 13.2 Å². The predicted octanol–water partition coefficient (Wildman–Crippen LogP) is 0.370. The molecule has 1 unspecified atom stereocenters. The molecular formula is C10H17N3O3. The first-order chi connectivity index (χ1) is 7.31. The van der Waals surface area contributed by atoms with Crippen LogP contribution in [0.3, 0.4) is 0 Å². The van der Waals surface area contributed by atoms with Gasteiger partial charge in [0.25, 0.3) is 0 Å². The molecule has 16 heavy (non-hydrogen) atoms. The molecule has 6 heteroatoms. The van der Waals surface area contributed by atoms with E-state index >= 15 is 0 Å². The van der Waals surface area contributed by atoms with Gasteiger partial charge in [0.1, 0.15) is 11.4 Å². The van der Waals surface area contributed by atoms with Gasteiger partial charge >= 0.3 is 6.09 Å². The van der Waals surface area contributed by atoms with E-state index in [0.29, 0.717) is 5.82 Å². The average Bonchev–Trinajstić information content (AvgIpc) is 2.42. The Balaban J connectivity index is 2.48. The van der Waals surface area contributed by atoms with Crippen LogP contribution in [0.4, 0.5) is 4.79 Å². The number of ether oxygens (including phenoxy) is 1.